The topological polar surface area (TPSA) is 149 Å². The molecule has 47 heavy (non-hydrogen) atoms. The first-order valence-corrected chi connectivity index (χ1v) is 15.9. The number of carbonyl (C=O) groups excluding carboxylic acids is 3. The SMILES string of the molecule is CC(C)C(=O)N1CCC(c2cc(-c3ccc(NC(=O)C4=CN(C(C)C)C(=O)N(c5ccccc5)C4O)cc3)c3c(N)ncnn23)CC1. The Kier molecular flexibility index (Phi) is 8.69. The molecule has 1 saturated heterocycles. The second-order valence-electron chi connectivity index (χ2n) is 12.6. The number of hydrogen-bond donors (Lipinski definition) is 3. The average molecular weight is 637 g/mol. The van der Waals surface area contributed by atoms with Crippen LogP contribution < -0.4 is 16.0 Å². The van der Waals surface area contributed by atoms with Crippen LogP contribution in [0.3, 0.4) is 0 Å². The van der Waals surface area contributed by atoms with Gasteiger partial charge in [-0.2, -0.15) is 5.10 Å². The van der Waals surface area contributed by atoms with Crippen molar-refractivity contribution in [1.82, 2.24) is 24.4 Å². The summed E-state index contributed by atoms with van der Waals surface area (Å²) in [4.78, 5) is 48.1. The minimum Gasteiger partial charge on any atom is -0.382 e. The Morgan fingerprint density at radius 3 is 2.32 bits per heavy atom. The summed E-state index contributed by atoms with van der Waals surface area (Å²) in [6, 6.07) is 17.5. The summed E-state index contributed by atoms with van der Waals surface area (Å²) in [7, 11) is 0. The average Bonchev–Trinajstić information content (AvgIpc) is 3.46. The van der Waals surface area contributed by atoms with E-state index in [1.165, 1.54) is 22.3 Å². The van der Waals surface area contributed by atoms with E-state index in [4.69, 9.17) is 5.73 Å². The number of nitrogens with one attached hydrogen (secondary N) is 1. The maximum Gasteiger partial charge on any atom is 0.331 e. The Morgan fingerprint density at radius 1 is 1.00 bits per heavy atom. The summed E-state index contributed by atoms with van der Waals surface area (Å²) in [5, 5.41) is 18.6. The van der Waals surface area contributed by atoms with Gasteiger partial charge in [-0.15, -0.1) is 0 Å². The van der Waals surface area contributed by atoms with Crippen LogP contribution in [0.2, 0.25) is 0 Å². The quantitative estimate of drug-likeness (QED) is 0.263. The lowest BCUT2D eigenvalue weighted by Gasteiger charge is -2.39. The van der Waals surface area contributed by atoms with Crippen molar-refractivity contribution in [2.75, 3.05) is 29.0 Å². The van der Waals surface area contributed by atoms with E-state index in [9.17, 15) is 19.5 Å². The van der Waals surface area contributed by atoms with Gasteiger partial charge in [-0.05, 0) is 62.6 Å². The summed E-state index contributed by atoms with van der Waals surface area (Å²) >= 11 is 0. The number of aliphatic hydroxyl groups is 1. The van der Waals surface area contributed by atoms with Crippen molar-refractivity contribution in [1.29, 1.82) is 0 Å². The molecule has 0 bridgehead atoms. The van der Waals surface area contributed by atoms with Crippen LogP contribution in [0.15, 0.2) is 78.8 Å². The number of likely N-dealkylation sites (tertiary alicyclic amines) is 1. The molecule has 1 unspecified atom stereocenters. The van der Waals surface area contributed by atoms with Crippen LogP contribution in [0, 0.1) is 5.92 Å². The third-order valence-corrected chi connectivity index (χ3v) is 8.86. The predicted octanol–water partition coefficient (Wildman–Crippen LogP) is 4.83. The number of nitrogen functional groups attached to an aromatic ring is 1. The number of anilines is 3. The predicted molar refractivity (Wildman–Crippen MR) is 180 cm³/mol. The highest BCUT2D eigenvalue weighted by molar-refractivity contribution is 6.08. The Balaban J connectivity index is 1.24. The van der Waals surface area contributed by atoms with Crippen LogP contribution >= 0.6 is 0 Å². The van der Waals surface area contributed by atoms with Crippen LogP contribution in [-0.2, 0) is 9.59 Å². The number of para-hydroxylation sites is 1. The molecular formula is C35H40N8O4. The number of carbonyl (C=O) groups is 3. The van der Waals surface area contributed by atoms with Crippen LogP contribution in [0.4, 0.5) is 22.0 Å². The van der Waals surface area contributed by atoms with Gasteiger partial charge >= 0.3 is 6.03 Å². The van der Waals surface area contributed by atoms with Crippen LogP contribution in [0.1, 0.15) is 52.1 Å². The molecule has 0 aliphatic carbocycles. The van der Waals surface area contributed by atoms with E-state index in [1.807, 2.05) is 55.3 Å². The van der Waals surface area contributed by atoms with Gasteiger partial charge in [0.2, 0.25) is 5.91 Å². The molecule has 4 N–H and O–H groups in total. The molecule has 1 atom stereocenters. The van der Waals surface area contributed by atoms with E-state index in [0.29, 0.717) is 35.8 Å². The number of fused-ring (bicyclic) bond motifs is 1. The lowest BCUT2D eigenvalue weighted by molar-refractivity contribution is -0.135. The van der Waals surface area contributed by atoms with Crippen molar-refractivity contribution in [3.63, 3.8) is 0 Å². The van der Waals surface area contributed by atoms with Crippen molar-refractivity contribution in [3.8, 4) is 11.1 Å². The molecule has 12 heteroatoms. The first kappa shape index (κ1) is 31.7. The molecule has 244 valence electrons. The largest absolute Gasteiger partial charge is 0.382 e. The number of benzene rings is 2. The van der Waals surface area contributed by atoms with E-state index in [-0.39, 0.29) is 29.4 Å². The summed E-state index contributed by atoms with van der Waals surface area (Å²) in [5.41, 5.74) is 10.9. The molecule has 2 aromatic heterocycles. The van der Waals surface area contributed by atoms with Crippen molar-refractivity contribution in [2.45, 2.75) is 58.7 Å². The molecule has 4 heterocycles. The van der Waals surface area contributed by atoms with Gasteiger partial charge in [0.15, 0.2) is 12.0 Å². The number of urea groups is 1. The van der Waals surface area contributed by atoms with Crippen LogP contribution in [-0.4, -0.2) is 72.7 Å². The van der Waals surface area contributed by atoms with E-state index < -0.39 is 18.2 Å². The van der Waals surface area contributed by atoms with E-state index >= 15 is 0 Å². The van der Waals surface area contributed by atoms with Gasteiger partial charge in [-0.25, -0.2) is 14.3 Å². The van der Waals surface area contributed by atoms with Crippen molar-refractivity contribution < 1.29 is 19.5 Å². The molecule has 4 aromatic rings. The third kappa shape index (κ3) is 6.03. The minimum atomic E-state index is -1.47. The number of nitrogens with zero attached hydrogens (tertiary/aromatic N) is 6. The molecular weight excluding hydrogens is 596 g/mol. The van der Waals surface area contributed by atoms with Crippen molar-refractivity contribution in [3.05, 3.63) is 84.5 Å². The molecule has 12 nitrogen and oxygen atoms in total. The van der Waals surface area contributed by atoms with Crippen LogP contribution in [0.25, 0.3) is 16.6 Å². The van der Waals surface area contributed by atoms with Gasteiger partial charge < -0.3 is 21.1 Å². The van der Waals surface area contributed by atoms with Gasteiger partial charge in [-0.1, -0.05) is 44.2 Å². The zero-order chi connectivity index (χ0) is 33.4. The third-order valence-electron chi connectivity index (χ3n) is 8.86. The summed E-state index contributed by atoms with van der Waals surface area (Å²) < 4.78 is 1.86. The number of amides is 4. The highest BCUT2D eigenvalue weighted by Gasteiger charge is 2.38. The fraction of sp³-hybridized carbons (Fsp3) is 0.343. The zero-order valence-electron chi connectivity index (χ0n) is 27.0. The molecule has 0 saturated carbocycles. The minimum absolute atomic E-state index is 0.0278. The smallest absolute Gasteiger partial charge is 0.331 e. The van der Waals surface area contributed by atoms with Crippen LogP contribution in [0.5, 0.6) is 0 Å². The number of aliphatic hydroxyl groups excluding tert-OH is 1. The Morgan fingerprint density at radius 2 is 1.68 bits per heavy atom. The fourth-order valence-corrected chi connectivity index (χ4v) is 6.33. The van der Waals surface area contributed by atoms with Gasteiger partial charge in [-0.3, -0.25) is 19.4 Å². The number of aromatic nitrogens is 3. The van der Waals surface area contributed by atoms with Gasteiger partial charge in [0, 0.05) is 59.8 Å². The molecule has 4 amide bonds. The molecule has 2 aliphatic heterocycles. The summed E-state index contributed by atoms with van der Waals surface area (Å²) in [6.45, 7) is 8.92. The second-order valence-corrected chi connectivity index (χ2v) is 12.6. The van der Waals surface area contributed by atoms with E-state index in [2.05, 4.69) is 21.5 Å². The maximum atomic E-state index is 13.5. The lowest BCUT2D eigenvalue weighted by Crippen LogP contribution is -2.55. The lowest BCUT2D eigenvalue weighted by atomic mass is 9.92. The number of nitrogens with two attached hydrogens (primary N) is 1. The number of piperidine rings is 1. The first-order chi connectivity index (χ1) is 22.5. The summed E-state index contributed by atoms with van der Waals surface area (Å²) in [6.07, 6.45) is 3.04. The molecule has 6 rings (SSSR count). The van der Waals surface area contributed by atoms with E-state index in [0.717, 1.165) is 29.7 Å². The molecule has 2 aromatic carbocycles. The first-order valence-electron chi connectivity index (χ1n) is 15.9. The maximum absolute atomic E-state index is 13.5. The summed E-state index contributed by atoms with van der Waals surface area (Å²) in [5.74, 6) is 0.178. The van der Waals surface area contributed by atoms with Gasteiger partial charge in [0.1, 0.15) is 11.8 Å². The van der Waals surface area contributed by atoms with Gasteiger partial charge in [0.05, 0.1) is 5.57 Å². The Labute approximate surface area is 273 Å². The Hall–Kier alpha value is -5.23. The standard InChI is InChI=1S/C35H40N8O4/c1-21(2)33(45)40-16-14-24(15-17-40)29-18-27(30-31(36)37-20-38-43(29)30)23-10-12-25(13-11-23)39-32(44)28-19-41(22(3)4)35(47)42(34(28)46)26-8-6-5-7-9-26/h5-13,18-22,24,34,46H,14-17H2,1-4H3,(H,39,44)(H2,36,37,38). The molecule has 0 radical (unpaired) electrons. The zero-order valence-corrected chi connectivity index (χ0v) is 27.0. The molecule has 2 aliphatic rings. The number of rotatable bonds is 7. The van der Waals surface area contributed by atoms with Crippen molar-refractivity contribution in [2.24, 2.45) is 5.92 Å². The normalized spacial score (nSPS) is 17.5. The molecule has 1 fully saturated rings. The highest BCUT2D eigenvalue weighted by Crippen LogP contribution is 2.37. The van der Waals surface area contributed by atoms with Crippen molar-refractivity contribution >= 4 is 40.6 Å². The number of hydrogen-bond acceptors (Lipinski definition) is 7. The van der Waals surface area contributed by atoms with Gasteiger partial charge in [0.25, 0.3) is 5.91 Å². The molecule has 0 spiro atoms. The van der Waals surface area contributed by atoms with E-state index in [1.54, 1.807) is 36.4 Å². The fourth-order valence-electron chi connectivity index (χ4n) is 6.33. The Bertz CT molecular complexity index is 1830. The monoisotopic (exact) mass is 636 g/mol. The highest BCUT2D eigenvalue weighted by atomic mass is 16.3. The second kappa shape index (κ2) is 12.9.